The Morgan fingerprint density at radius 1 is 1.13 bits per heavy atom. The number of carbonyl (C=O) groups excluding carboxylic acids is 1. The number of hydrogen-bond donors (Lipinski definition) is 1. The summed E-state index contributed by atoms with van der Waals surface area (Å²) >= 11 is 7.20. The molecule has 164 valence electrons. The number of nitrogens with one attached hydrogen (secondary N) is 1. The van der Waals surface area contributed by atoms with Crippen molar-refractivity contribution in [1.82, 2.24) is 14.5 Å². The van der Waals surface area contributed by atoms with E-state index in [4.69, 9.17) is 11.6 Å². The number of piperidine rings is 2. The first-order chi connectivity index (χ1) is 14.2. The van der Waals surface area contributed by atoms with Gasteiger partial charge in [-0.2, -0.15) is 4.72 Å². The number of fused-ring (bicyclic) bond motifs is 1. The molecule has 0 saturated carbocycles. The topological polar surface area (TPSA) is 69.7 Å². The zero-order valence-electron chi connectivity index (χ0n) is 17.3. The van der Waals surface area contributed by atoms with Gasteiger partial charge in [-0.15, -0.1) is 11.3 Å². The predicted octanol–water partition coefficient (Wildman–Crippen LogP) is 3.70. The summed E-state index contributed by atoms with van der Waals surface area (Å²) in [7, 11) is -3.77. The summed E-state index contributed by atoms with van der Waals surface area (Å²) in [6.45, 7) is 7.06. The maximum absolute atomic E-state index is 13.1. The van der Waals surface area contributed by atoms with Crippen molar-refractivity contribution in [3.8, 4) is 0 Å². The van der Waals surface area contributed by atoms with Crippen LogP contribution in [0.15, 0.2) is 28.5 Å². The lowest BCUT2D eigenvalue weighted by atomic mass is 9.97. The highest BCUT2D eigenvalue weighted by Gasteiger charge is 2.37. The van der Waals surface area contributed by atoms with Crippen LogP contribution in [-0.4, -0.2) is 61.9 Å². The highest BCUT2D eigenvalue weighted by atomic mass is 35.5. The third-order valence-corrected chi connectivity index (χ3v) is 9.44. The molecule has 0 bridgehead atoms. The van der Waals surface area contributed by atoms with Gasteiger partial charge in [-0.1, -0.05) is 17.7 Å². The van der Waals surface area contributed by atoms with E-state index in [1.54, 1.807) is 18.2 Å². The highest BCUT2D eigenvalue weighted by Crippen LogP contribution is 2.31. The van der Waals surface area contributed by atoms with Crippen LogP contribution in [0, 0.1) is 0 Å². The van der Waals surface area contributed by atoms with Crippen molar-refractivity contribution in [3.05, 3.63) is 29.3 Å². The van der Waals surface area contributed by atoms with E-state index in [0.29, 0.717) is 24.0 Å². The number of hydrogen-bond acceptors (Lipinski definition) is 5. The lowest BCUT2D eigenvalue weighted by molar-refractivity contribution is -0.139. The molecule has 1 N–H and O–H groups in total. The van der Waals surface area contributed by atoms with Gasteiger partial charge >= 0.3 is 0 Å². The molecule has 6 nitrogen and oxygen atoms in total. The van der Waals surface area contributed by atoms with Crippen molar-refractivity contribution < 1.29 is 13.2 Å². The van der Waals surface area contributed by atoms with Crippen LogP contribution in [0.2, 0.25) is 5.02 Å². The van der Waals surface area contributed by atoms with Crippen molar-refractivity contribution in [2.45, 2.75) is 61.9 Å². The normalized spacial score (nSPS) is 22.3. The largest absolute Gasteiger partial charge is 0.338 e. The number of likely N-dealkylation sites (tertiary alicyclic amines) is 2. The average Bonchev–Trinajstić information content (AvgIpc) is 3.14. The van der Waals surface area contributed by atoms with Crippen molar-refractivity contribution in [3.63, 3.8) is 0 Å². The van der Waals surface area contributed by atoms with Crippen molar-refractivity contribution in [1.29, 1.82) is 0 Å². The van der Waals surface area contributed by atoms with Crippen LogP contribution in [0.5, 0.6) is 0 Å². The second-order valence-electron chi connectivity index (χ2n) is 8.46. The fourth-order valence-corrected chi connectivity index (χ4v) is 7.36. The molecule has 30 heavy (non-hydrogen) atoms. The van der Waals surface area contributed by atoms with Gasteiger partial charge in [-0.3, -0.25) is 4.79 Å². The summed E-state index contributed by atoms with van der Waals surface area (Å²) in [5, 5.41) is 1.40. The SMILES string of the molecule is CC(C)N1CCC(N2CCCC(NS(=O)(=O)c3cc4ccc(Cl)cc4s3)C2=O)CC1. The van der Waals surface area contributed by atoms with Crippen LogP contribution >= 0.6 is 22.9 Å². The molecule has 2 aromatic rings. The van der Waals surface area contributed by atoms with Gasteiger partial charge in [-0.05, 0) is 63.1 Å². The maximum Gasteiger partial charge on any atom is 0.250 e. The Kier molecular flexibility index (Phi) is 6.42. The molecule has 3 heterocycles. The van der Waals surface area contributed by atoms with Gasteiger partial charge in [0.2, 0.25) is 5.91 Å². The fourth-order valence-electron chi connectivity index (χ4n) is 4.44. The first kappa shape index (κ1) is 22.0. The number of rotatable bonds is 5. The second kappa shape index (κ2) is 8.74. The van der Waals surface area contributed by atoms with Gasteiger partial charge < -0.3 is 9.80 Å². The number of carbonyl (C=O) groups is 1. The standard InChI is InChI=1S/C21H28ClN3O3S2/c1-14(2)24-10-7-17(8-11-24)25-9-3-4-18(21(25)26)23-30(27,28)20-12-15-5-6-16(22)13-19(15)29-20/h5-6,12-14,17-18,23H,3-4,7-11H2,1-2H3. The second-order valence-corrected chi connectivity index (χ2v) is 11.9. The van der Waals surface area contributed by atoms with Gasteiger partial charge in [0.15, 0.2) is 0 Å². The summed E-state index contributed by atoms with van der Waals surface area (Å²) < 4.78 is 29.7. The Labute approximate surface area is 187 Å². The molecule has 1 amide bonds. The van der Waals surface area contributed by atoms with E-state index >= 15 is 0 Å². The first-order valence-corrected chi connectivity index (χ1v) is 13.2. The molecule has 0 aliphatic carbocycles. The van der Waals surface area contributed by atoms with E-state index in [-0.39, 0.29) is 16.2 Å². The molecule has 2 saturated heterocycles. The predicted molar refractivity (Wildman–Crippen MR) is 122 cm³/mol. The molecule has 2 aliphatic rings. The van der Waals surface area contributed by atoms with Crippen LogP contribution in [0.4, 0.5) is 0 Å². The Morgan fingerprint density at radius 3 is 2.57 bits per heavy atom. The van der Waals surface area contributed by atoms with Crippen LogP contribution in [0.3, 0.4) is 0 Å². The smallest absolute Gasteiger partial charge is 0.250 e. The monoisotopic (exact) mass is 469 g/mol. The molecule has 1 aromatic carbocycles. The number of halogens is 1. The molecule has 2 fully saturated rings. The molecule has 1 unspecified atom stereocenters. The lowest BCUT2D eigenvalue weighted by Crippen LogP contribution is -2.57. The summed E-state index contributed by atoms with van der Waals surface area (Å²) in [4.78, 5) is 17.5. The number of benzene rings is 1. The van der Waals surface area contributed by atoms with Crippen LogP contribution in [-0.2, 0) is 14.8 Å². The molecule has 0 spiro atoms. The fraction of sp³-hybridized carbons (Fsp3) is 0.571. The zero-order chi connectivity index (χ0) is 21.5. The van der Waals surface area contributed by atoms with Crippen LogP contribution < -0.4 is 4.72 Å². The number of amides is 1. The van der Waals surface area contributed by atoms with Gasteiger partial charge in [-0.25, -0.2) is 8.42 Å². The Bertz CT molecular complexity index is 1030. The Balaban J connectivity index is 1.46. The summed E-state index contributed by atoms with van der Waals surface area (Å²) in [6, 6.07) is 6.98. The average molecular weight is 470 g/mol. The van der Waals surface area contributed by atoms with Crippen molar-refractivity contribution >= 4 is 49.0 Å². The number of nitrogens with zero attached hydrogens (tertiary/aromatic N) is 2. The summed E-state index contributed by atoms with van der Waals surface area (Å²) in [6.07, 6.45) is 3.24. The number of thiophene rings is 1. The van der Waals surface area contributed by atoms with E-state index in [0.717, 1.165) is 42.4 Å². The molecule has 9 heteroatoms. The zero-order valence-corrected chi connectivity index (χ0v) is 19.7. The molecule has 1 atom stereocenters. The lowest BCUT2D eigenvalue weighted by Gasteiger charge is -2.43. The summed E-state index contributed by atoms with van der Waals surface area (Å²) in [5.41, 5.74) is 0. The molecular weight excluding hydrogens is 442 g/mol. The highest BCUT2D eigenvalue weighted by molar-refractivity contribution is 7.91. The van der Waals surface area contributed by atoms with E-state index in [9.17, 15) is 13.2 Å². The van der Waals surface area contributed by atoms with E-state index in [1.807, 2.05) is 11.0 Å². The first-order valence-electron chi connectivity index (χ1n) is 10.5. The minimum absolute atomic E-state index is 0.0861. The minimum Gasteiger partial charge on any atom is -0.338 e. The van der Waals surface area contributed by atoms with Crippen molar-refractivity contribution in [2.75, 3.05) is 19.6 Å². The number of sulfonamides is 1. The van der Waals surface area contributed by atoms with Crippen LogP contribution in [0.1, 0.15) is 39.5 Å². The van der Waals surface area contributed by atoms with Gasteiger partial charge in [0.25, 0.3) is 10.0 Å². The van der Waals surface area contributed by atoms with Crippen LogP contribution in [0.25, 0.3) is 10.1 Å². The molecule has 1 aromatic heterocycles. The van der Waals surface area contributed by atoms with E-state index in [2.05, 4.69) is 23.5 Å². The third kappa shape index (κ3) is 4.53. The van der Waals surface area contributed by atoms with Gasteiger partial charge in [0, 0.05) is 41.4 Å². The third-order valence-electron chi connectivity index (χ3n) is 6.16. The van der Waals surface area contributed by atoms with Crippen molar-refractivity contribution in [2.24, 2.45) is 0 Å². The Hall–Kier alpha value is -1.19. The Morgan fingerprint density at radius 2 is 1.87 bits per heavy atom. The molecule has 4 rings (SSSR count). The van der Waals surface area contributed by atoms with E-state index in [1.165, 1.54) is 11.3 Å². The molecular formula is C21H28ClN3O3S2. The van der Waals surface area contributed by atoms with E-state index < -0.39 is 16.1 Å². The summed E-state index contributed by atoms with van der Waals surface area (Å²) in [5.74, 6) is -0.0861. The minimum atomic E-state index is -3.77. The maximum atomic E-state index is 13.1. The molecule has 2 aliphatic heterocycles. The van der Waals surface area contributed by atoms with Gasteiger partial charge in [0.05, 0.1) is 0 Å². The molecule has 0 radical (unpaired) electrons. The quantitative estimate of drug-likeness (QED) is 0.724. The van der Waals surface area contributed by atoms with Gasteiger partial charge in [0.1, 0.15) is 10.3 Å².